The first-order valence-corrected chi connectivity index (χ1v) is 10.6. The summed E-state index contributed by atoms with van der Waals surface area (Å²) in [6.45, 7) is 10.1. The minimum Gasteiger partial charge on any atom is -0.484 e. The third-order valence-corrected chi connectivity index (χ3v) is 4.86. The van der Waals surface area contributed by atoms with E-state index in [4.69, 9.17) is 4.74 Å². The van der Waals surface area contributed by atoms with E-state index >= 15 is 0 Å². The van der Waals surface area contributed by atoms with Crippen molar-refractivity contribution in [1.29, 1.82) is 0 Å². The van der Waals surface area contributed by atoms with Gasteiger partial charge in [0, 0.05) is 12.6 Å². The molecule has 0 aliphatic rings. The Kier molecular flexibility index (Phi) is 8.90. The smallest absolute Gasteiger partial charge is 0.261 e. The van der Waals surface area contributed by atoms with E-state index < -0.39 is 6.04 Å². The molecule has 0 saturated heterocycles. The molecule has 0 fully saturated rings. The second-order valence-corrected chi connectivity index (χ2v) is 8.02. The highest BCUT2D eigenvalue weighted by molar-refractivity contribution is 5.88. The van der Waals surface area contributed by atoms with Crippen LogP contribution in [0.2, 0.25) is 0 Å². The topological polar surface area (TPSA) is 58.6 Å². The molecule has 0 unspecified atom stereocenters. The number of hydrogen-bond donors (Lipinski definition) is 1. The lowest BCUT2D eigenvalue weighted by Crippen LogP contribution is -2.52. The maximum atomic E-state index is 13.1. The predicted octanol–water partition coefficient (Wildman–Crippen LogP) is 4.06. The SMILES string of the molecule is CC[C@@H](C(=O)NC(C)C)N(CCc1ccccc1)C(=O)COc1cc(C)cc(C)c1. The van der Waals surface area contributed by atoms with Crippen molar-refractivity contribution in [3.8, 4) is 5.75 Å². The Bertz CT molecular complexity index is 813. The zero-order valence-corrected chi connectivity index (χ0v) is 18.8. The predicted molar refractivity (Wildman–Crippen MR) is 121 cm³/mol. The molecule has 0 saturated carbocycles. The van der Waals surface area contributed by atoms with Gasteiger partial charge in [0.2, 0.25) is 5.91 Å². The Labute approximate surface area is 180 Å². The van der Waals surface area contributed by atoms with Crippen LogP contribution in [0, 0.1) is 13.8 Å². The minimum atomic E-state index is -0.522. The van der Waals surface area contributed by atoms with Gasteiger partial charge in [-0.3, -0.25) is 9.59 Å². The number of ether oxygens (including phenoxy) is 1. The van der Waals surface area contributed by atoms with E-state index in [9.17, 15) is 9.59 Å². The number of rotatable bonds is 10. The van der Waals surface area contributed by atoms with E-state index in [1.807, 2.05) is 77.1 Å². The van der Waals surface area contributed by atoms with Gasteiger partial charge in [0.05, 0.1) is 0 Å². The third-order valence-electron chi connectivity index (χ3n) is 4.86. The molecule has 1 N–H and O–H groups in total. The van der Waals surface area contributed by atoms with Gasteiger partial charge >= 0.3 is 0 Å². The molecule has 5 nitrogen and oxygen atoms in total. The number of aryl methyl sites for hydroxylation is 2. The van der Waals surface area contributed by atoms with Crippen molar-refractivity contribution < 1.29 is 14.3 Å². The van der Waals surface area contributed by atoms with Crippen molar-refractivity contribution in [3.05, 3.63) is 65.2 Å². The molecule has 2 aromatic rings. The number of benzene rings is 2. The summed E-state index contributed by atoms with van der Waals surface area (Å²) in [5.41, 5.74) is 3.30. The van der Waals surface area contributed by atoms with Crippen LogP contribution in [-0.2, 0) is 16.0 Å². The fourth-order valence-electron chi connectivity index (χ4n) is 3.52. The molecule has 0 spiro atoms. The molecule has 0 radical (unpaired) electrons. The van der Waals surface area contributed by atoms with Gasteiger partial charge in [0.25, 0.3) is 5.91 Å². The van der Waals surface area contributed by atoms with E-state index in [0.29, 0.717) is 25.1 Å². The van der Waals surface area contributed by atoms with Gasteiger partial charge in [-0.1, -0.05) is 43.3 Å². The molecule has 0 aliphatic heterocycles. The summed E-state index contributed by atoms with van der Waals surface area (Å²) in [5, 5.41) is 2.94. The lowest BCUT2D eigenvalue weighted by atomic mass is 10.1. The van der Waals surface area contributed by atoms with Crippen molar-refractivity contribution in [2.75, 3.05) is 13.2 Å². The Morgan fingerprint density at radius 3 is 2.23 bits per heavy atom. The molecule has 0 heterocycles. The van der Waals surface area contributed by atoms with Gasteiger partial charge in [-0.2, -0.15) is 0 Å². The Hall–Kier alpha value is -2.82. The molecule has 0 bridgehead atoms. The number of amides is 2. The van der Waals surface area contributed by atoms with Crippen LogP contribution in [0.25, 0.3) is 0 Å². The van der Waals surface area contributed by atoms with Crippen molar-refractivity contribution in [1.82, 2.24) is 10.2 Å². The van der Waals surface area contributed by atoms with Crippen molar-refractivity contribution in [2.24, 2.45) is 0 Å². The van der Waals surface area contributed by atoms with Gasteiger partial charge < -0.3 is 15.0 Å². The number of nitrogens with zero attached hydrogens (tertiary/aromatic N) is 1. The third kappa shape index (κ3) is 7.21. The zero-order valence-electron chi connectivity index (χ0n) is 18.8. The van der Waals surface area contributed by atoms with E-state index in [2.05, 4.69) is 11.4 Å². The maximum Gasteiger partial charge on any atom is 0.261 e. The van der Waals surface area contributed by atoms with E-state index in [1.165, 1.54) is 0 Å². The van der Waals surface area contributed by atoms with E-state index in [0.717, 1.165) is 16.7 Å². The summed E-state index contributed by atoms with van der Waals surface area (Å²) in [5.74, 6) is 0.361. The first kappa shape index (κ1) is 23.5. The highest BCUT2D eigenvalue weighted by Gasteiger charge is 2.28. The van der Waals surface area contributed by atoms with Gasteiger partial charge in [-0.05, 0) is 69.4 Å². The highest BCUT2D eigenvalue weighted by atomic mass is 16.5. The average Bonchev–Trinajstić information content (AvgIpc) is 2.68. The average molecular weight is 411 g/mol. The lowest BCUT2D eigenvalue weighted by Gasteiger charge is -2.31. The lowest BCUT2D eigenvalue weighted by molar-refractivity contribution is -0.142. The van der Waals surface area contributed by atoms with Crippen LogP contribution in [-0.4, -0.2) is 41.9 Å². The van der Waals surface area contributed by atoms with Crippen LogP contribution in [0.1, 0.15) is 43.9 Å². The molecular formula is C25H34N2O3. The van der Waals surface area contributed by atoms with E-state index in [-0.39, 0.29) is 24.5 Å². The molecular weight excluding hydrogens is 376 g/mol. The Balaban J connectivity index is 2.14. The summed E-state index contributed by atoms with van der Waals surface area (Å²) in [7, 11) is 0. The van der Waals surface area contributed by atoms with E-state index in [1.54, 1.807) is 4.90 Å². The number of carbonyl (C=O) groups excluding carboxylic acids is 2. The Morgan fingerprint density at radius 1 is 1.03 bits per heavy atom. The molecule has 162 valence electrons. The van der Waals surface area contributed by atoms with Gasteiger partial charge in [-0.25, -0.2) is 0 Å². The normalized spacial score (nSPS) is 11.8. The number of hydrogen-bond acceptors (Lipinski definition) is 3. The van der Waals surface area contributed by atoms with Crippen LogP contribution < -0.4 is 10.1 Å². The monoisotopic (exact) mass is 410 g/mol. The molecule has 5 heteroatoms. The maximum absolute atomic E-state index is 13.1. The number of nitrogens with one attached hydrogen (secondary N) is 1. The highest BCUT2D eigenvalue weighted by Crippen LogP contribution is 2.17. The van der Waals surface area contributed by atoms with Gasteiger partial charge in [0.15, 0.2) is 6.61 Å². The molecule has 2 rings (SSSR count). The minimum absolute atomic E-state index is 0.0177. The van der Waals surface area contributed by atoms with Gasteiger partial charge in [-0.15, -0.1) is 0 Å². The molecule has 0 aromatic heterocycles. The fourth-order valence-corrected chi connectivity index (χ4v) is 3.52. The largest absolute Gasteiger partial charge is 0.484 e. The standard InChI is InChI=1S/C25H34N2O3/c1-6-23(25(29)26-18(2)3)27(13-12-21-10-8-7-9-11-21)24(28)17-30-22-15-19(4)14-20(5)16-22/h7-11,14-16,18,23H,6,12-13,17H2,1-5H3,(H,26,29)/t23-/m0/s1. The Morgan fingerprint density at radius 2 is 1.67 bits per heavy atom. The summed E-state index contributed by atoms with van der Waals surface area (Å²) in [6, 6.07) is 15.4. The van der Waals surface area contributed by atoms with Crippen LogP contribution in [0.15, 0.2) is 48.5 Å². The van der Waals surface area contributed by atoms with Crippen LogP contribution in [0.3, 0.4) is 0 Å². The fraction of sp³-hybridized carbons (Fsp3) is 0.440. The van der Waals surface area contributed by atoms with Crippen molar-refractivity contribution in [3.63, 3.8) is 0 Å². The molecule has 30 heavy (non-hydrogen) atoms. The quantitative estimate of drug-likeness (QED) is 0.643. The first-order valence-electron chi connectivity index (χ1n) is 10.6. The molecule has 2 amide bonds. The van der Waals surface area contributed by atoms with Crippen molar-refractivity contribution >= 4 is 11.8 Å². The molecule has 1 atom stereocenters. The summed E-state index contributed by atoms with van der Waals surface area (Å²) < 4.78 is 5.80. The molecule has 2 aromatic carbocycles. The van der Waals surface area contributed by atoms with Crippen LogP contribution in [0.4, 0.5) is 0 Å². The van der Waals surface area contributed by atoms with Crippen LogP contribution in [0.5, 0.6) is 5.75 Å². The first-order chi connectivity index (χ1) is 14.3. The summed E-state index contributed by atoms with van der Waals surface area (Å²) in [4.78, 5) is 27.5. The van der Waals surface area contributed by atoms with Gasteiger partial charge in [0.1, 0.15) is 11.8 Å². The van der Waals surface area contributed by atoms with Crippen LogP contribution >= 0.6 is 0 Å². The summed E-state index contributed by atoms with van der Waals surface area (Å²) >= 11 is 0. The van der Waals surface area contributed by atoms with Crippen molar-refractivity contribution in [2.45, 2.75) is 59.5 Å². The zero-order chi connectivity index (χ0) is 22.1. The second-order valence-electron chi connectivity index (χ2n) is 8.02. The number of carbonyl (C=O) groups is 2. The second kappa shape index (κ2) is 11.4. The molecule has 0 aliphatic carbocycles. The summed E-state index contributed by atoms with van der Waals surface area (Å²) in [6.07, 6.45) is 1.23.